The monoisotopic (exact) mass is 383 g/mol. The summed E-state index contributed by atoms with van der Waals surface area (Å²) in [4.78, 5) is 24.2. The number of hydrogen-bond acceptors (Lipinski definition) is 4. The molecule has 2 rings (SSSR count). The van der Waals surface area contributed by atoms with Crippen molar-refractivity contribution in [2.24, 2.45) is 0 Å². The zero-order valence-electron chi connectivity index (χ0n) is 12.5. The maximum absolute atomic E-state index is 12.4. The molecule has 0 aliphatic carbocycles. The number of ketones is 1. The van der Waals surface area contributed by atoms with E-state index in [9.17, 15) is 9.59 Å². The van der Waals surface area contributed by atoms with Crippen molar-refractivity contribution in [3.63, 3.8) is 0 Å². The third-order valence-corrected chi connectivity index (χ3v) is 4.86. The van der Waals surface area contributed by atoms with E-state index in [1.807, 2.05) is 19.1 Å². The molecule has 2 aromatic rings. The summed E-state index contributed by atoms with van der Waals surface area (Å²) in [5.74, 6) is 0.0231. The van der Waals surface area contributed by atoms with E-state index in [2.05, 4.69) is 33.1 Å². The fourth-order valence-electron chi connectivity index (χ4n) is 1.97. The van der Waals surface area contributed by atoms with Gasteiger partial charge in [0.15, 0.2) is 10.9 Å². The summed E-state index contributed by atoms with van der Waals surface area (Å²) in [5.41, 5.74) is 0.431. The Balaban J connectivity index is 2.11. The molecule has 0 saturated heterocycles. The van der Waals surface area contributed by atoms with Gasteiger partial charge in [0.25, 0.3) is 0 Å². The summed E-state index contributed by atoms with van der Waals surface area (Å²) >= 11 is 4.66. The highest BCUT2D eigenvalue weighted by Crippen LogP contribution is 2.24. The SMILES string of the molecule is CCCCn1c(SC(C)C(=O)c2ccc(Br)cc2)n[nH]c1=O. The van der Waals surface area contributed by atoms with E-state index in [4.69, 9.17) is 0 Å². The van der Waals surface area contributed by atoms with Crippen molar-refractivity contribution in [1.29, 1.82) is 0 Å². The molecule has 1 atom stereocenters. The number of carbonyl (C=O) groups excluding carboxylic acids is 1. The Morgan fingerprint density at radius 2 is 2.09 bits per heavy atom. The molecule has 22 heavy (non-hydrogen) atoms. The molecule has 1 heterocycles. The number of aromatic amines is 1. The molecular formula is C15H18BrN3O2S. The lowest BCUT2D eigenvalue weighted by atomic mass is 10.1. The average molecular weight is 384 g/mol. The van der Waals surface area contributed by atoms with E-state index in [1.54, 1.807) is 16.7 Å². The van der Waals surface area contributed by atoms with Crippen molar-refractivity contribution >= 4 is 33.5 Å². The van der Waals surface area contributed by atoms with Crippen molar-refractivity contribution in [3.05, 3.63) is 44.8 Å². The zero-order chi connectivity index (χ0) is 16.1. The van der Waals surface area contributed by atoms with Crippen LogP contribution in [0.25, 0.3) is 0 Å². The van der Waals surface area contributed by atoms with Crippen LogP contribution in [0.5, 0.6) is 0 Å². The number of aromatic nitrogens is 3. The maximum atomic E-state index is 12.4. The van der Waals surface area contributed by atoms with Gasteiger partial charge >= 0.3 is 5.69 Å². The van der Waals surface area contributed by atoms with Crippen LogP contribution >= 0.6 is 27.7 Å². The predicted molar refractivity (Wildman–Crippen MR) is 91.5 cm³/mol. The Bertz CT molecular complexity index is 694. The van der Waals surface area contributed by atoms with Crippen LogP contribution in [0.4, 0.5) is 0 Å². The highest BCUT2D eigenvalue weighted by atomic mass is 79.9. The molecular weight excluding hydrogens is 366 g/mol. The molecule has 118 valence electrons. The molecule has 0 aliphatic rings. The number of rotatable bonds is 7. The standard InChI is InChI=1S/C15H18BrN3O2S/c1-3-4-9-19-14(21)17-18-15(19)22-10(2)13(20)11-5-7-12(16)8-6-11/h5-8,10H,3-4,9H2,1-2H3,(H,17,21). The Kier molecular flexibility index (Phi) is 6.02. The Labute approximate surface area is 141 Å². The van der Waals surface area contributed by atoms with Gasteiger partial charge in [-0.3, -0.25) is 9.36 Å². The summed E-state index contributed by atoms with van der Waals surface area (Å²) in [7, 11) is 0. The van der Waals surface area contributed by atoms with Gasteiger partial charge in [-0.15, -0.1) is 5.10 Å². The fraction of sp³-hybridized carbons (Fsp3) is 0.400. The summed E-state index contributed by atoms with van der Waals surface area (Å²) < 4.78 is 2.53. The van der Waals surface area contributed by atoms with Crippen LogP contribution in [0, 0.1) is 0 Å². The first kappa shape index (κ1) is 17.0. The fourth-order valence-corrected chi connectivity index (χ4v) is 3.19. The lowest BCUT2D eigenvalue weighted by Crippen LogP contribution is -2.19. The highest BCUT2D eigenvalue weighted by molar-refractivity contribution is 9.10. The Morgan fingerprint density at radius 1 is 1.41 bits per heavy atom. The lowest BCUT2D eigenvalue weighted by Gasteiger charge is -2.10. The van der Waals surface area contributed by atoms with Crippen LogP contribution < -0.4 is 5.69 Å². The van der Waals surface area contributed by atoms with Gasteiger partial charge in [0, 0.05) is 16.6 Å². The zero-order valence-corrected chi connectivity index (χ0v) is 14.9. The molecule has 0 spiro atoms. The number of H-pyrrole nitrogens is 1. The van der Waals surface area contributed by atoms with E-state index >= 15 is 0 Å². The second-order valence-corrected chi connectivity index (χ2v) is 7.17. The van der Waals surface area contributed by atoms with Crippen molar-refractivity contribution in [2.45, 2.75) is 43.6 Å². The van der Waals surface area contributed by atoms with Crippen molar-refractivity contribution in [3.8, 4) is 0 Å². The second kappa shape index (κ2) is 7.78. The highest BCUT2D eigenvalue weighted by Gasteiger charge is 2.20. The summed E-state index contributed by atoms with van der Waals surface area (Å²) in [6.07, 6.45) is 1.90. The van der Waals surface area contributed by atoms with Crippen LogP contribution in [0.1, 0.15) is 37.0 Å². The summed E-state index contributed by atoms with van der Waals surface area (Å²) in [6.45, 7) is 4.52. The van der Waals surface area contributed by atoms with E-state index < -0.39 is 0 Å². The summed E-state index contributed by atoms with van der Waals surface area (Å²) in [5, 5.41) is 6.74. The van der Waals surface area contributed by atoms with Gasteiger partial charge in [0.1, 0.15) is 0 Å². The Morgan fingerprint density at radius 3 is 2.73 bits per heavy atom. The number of nitrogens with zero attached hydrogens (tertiary/aromatic N) is 2. The number of unbranched alkanes of at least 4 members (excludes halogenated alkanes) is 1. The lowest BCUT2D eigenvalue weighted by molar-refractivity contribution is 0.0994. The quantitative estimate of drug-likeness (QED) is 0.586. The smallest absolute Gasteiger partial charge is 0.293 e. The predicted octanol–water partition coefficient (Wildman–Crippen LogP) is 3.50. The second-order valence-electron chi connectivity index (χ2n) is 4.95. The van der Waals surface area contributed by atoms with Crippen LogP contribution in [0.3, 0.4) is 0 Å². The molecule has 0 radical (unpaired) electrons. The van der Waals surface area contributed by atoms with Gasteiger partial charge in [-0.2, -0.15) is 0 Å². The number of benzene rings is 1. The molecule has 0 amide bonds. The van der Waals surface area contributed by atoms with E-state index in [-0.39, 0.29) is 16.7 Å². The number of thioether (sulfide) groups is 1. The normalized spacial score (nSPS) is 12.3. The first-order valence-electron chi connectivity index (χ1n) is 7.14. The van der Waals surface area contributed by atoms with Gasteiger partial charge in [-0.05, 0) is 25.5 Å². The van der Waals surface area contributed by atoms with E-state index in [0.29, 0.717) is 17.3 Å². The minimum Gasteiger partial charge on any atom is -0.293 e. The third-order valence-electron chi connectivity index (χ3n) is 3.24. The van der Waals surface area contributed by atoms with E-state index in [1.165, 1.54) is 11.8 Å². The van der Waals surface area contributed by atoms with Gasteiger partial charge in [0.05, 0.1) is 5.25 Å². The Hall–Kier alpha value is -1.34. The molecule has 0 saturated carbocycles. The molecule has 7 heteroatoms. The number of hydrogen-bond donors (Lipinski definition) is 1. The molecule has 1 aromatic carbocycles. The number of nitrogens with one attached hydrogen (secondary N) is 1. The topological polar surface area (TPSA) is 67.8 Å². The third kappa shape index (κ3) is 4.10. The molecule has 0 bridgehead atoms. The molecule has 5 nitrogen and oxygen atoms in total. The number of halogens is 1. The van der Waals surface area contributed by atoms with Gasteiger partial charge in [-0.1, -0.05) is 53.2 Å². The minimum absolute atomic E-state index is 0.0231. The molecule has 1 N–H and O–H groups in total. The van der Waals surface area contributed by atoms with Crippen molar-refractivity contribution in [1.82, 2.24) is 14.8 Å². The van der Waals surface area contributed by atoms with Gasteiger partial charge in [0.2, 0.25) is 0 Å². The summed E-state index contributed by atoms with van der Waals surface area (Å²) in [6, 6.07) is 7.27. The first-order valence-corrected chi connectivity index (χ1v) is 8.81. The average Bonchev–Trinajstić information content (AvgIpc) is 2.85. The van der Waals surface area contributed by atoms with Crippen LogP contribution in [-0.2, 0) is 6.54 Å². The molecule has 1 unspecified atom stereocenters. The molecule has 1 aromatic heterocycles. The van der Waals surface area contributed by atoms with Crippen LogP contribution in [0.2, 0.25) is 0 Å². The maximum Gasteiger partial charge on any atom is 0.343 e. The number of carbonyl (C=O) groups is 1. The van der Waals surface area contributed by atoms with E-state index in [0.717, 1.165) is 17.3 Å². The van der Waals surface area contributed by atoms with Crippen molar-refractivity contribution < 1.29 is 4.79 Å². The first-order chi connectivity index (χ1) is 10.5. The van der Waals surface area contributed by atoms with Gasteiger partial charge < -0.3 is 0 Å². The molecule has 0 aliphatic heterocycles. The van der Waals surface area contributed by atoms with Crippen LogP contribution in [-0.4, -0.2) is 25.8 Å². The minimum atomic E-state index is -0.309. The number of Topliss-reactive ketones (excluding diaryl/α,β-unsaturated/α-hetero) is 1. The van der Waals surface area contributed by atoms with Crippen molar-refractivity contribution in [2.75, 3.05) is 0 Å². The molecule has 0 fully saturated rings. The largest absolute Gasteiger partial charge is 0.343 e. The van der Waals surface area contributed by atoms with Gasteiger partial charge in [-0.25, -0.2) is 9.89 Å². The van der Waals surface area contributed by atoms with Crippen LogP contribution in [0.15, 0.2) is 38.7 Å².